The van der Waals surface area contributed by atoms with Crippen molar-refractivity contribution in [3.8, 4) is 5.75 Å². The average molecular weight is 369 g/mol. The molecule has 0 spiro atoms. The zero-order valence-corrected chi connectivity index (χ0v) is 13.7. The largest absolute Gasteiger partial charge is 0.433 e. The Bertz CT molecular complexity index is 789. The number of rotatable bonds is 6. The summed E-state index contributed by atoms with van der Waals surface area (Å²) in [7, 11) is 0. The molecule has 25 heavy (non-hydrogen) atoms. The molecule has 0 aliphatic rings. The Kier molecular flexibility index (Phi) is 6.12. The predicted molar refractivity (Wildman–Crippen MR) is 90.6 cm³/mol. The summed E-state index contributed by atoms with van der Waals surface area (Å²) in [5.74, 6) is -0.381. The van der Waals surface area contributed by atoms with E-state index in [-0.39, 0.29) is 17.1 Å². The molecule has 0 aliphatic carbocycles. The van der Waals surface area contributed by atoms with E-state index in [0.29, 0.717) is 5.69 Å². The quantitative estimate of drug-likeness (QED) is 0.442. The molecule has 2 amide bonds. The molecule has 0 bridgehead atoms. The molecule has 0 saturated carbocycles. The smallest absolute Gasteiger partial charge is 0.387 e. The number of nitro groups is 1. The lowest BCUT2D eigenvalue weighted by atomic mass is 10.2. The van der Waals surface area contributed by atoms with Gasteiger partial charge in [0.25, 0.3) is 5.69 Å². The van der Waals surface area contributed by atoms with Crippen LogP contribution in [0.3, 0.4) is 0 Å². The number of hydrogen-bond acceptors (Lipinski definition) is 5. The van der Waals surface area contributed by atoms with Crippen LogP contribution in [0.4, 0.5) is 30.6 Å². The fourth-order valence-corrected chi connectivity index (χ4v) is 2.37. The average Bonchev–Trinajstić information content (AvgIpc) is 2.55. The van der Waals surface area contributed by atoms with Crippen LogP contribution in [0.25, 0.3) is 0 Å². The van der Waals surface area contributed by atoms with Gasteiger partial charge in [0.1, 0.15) is 5.75 Å². The minimum atomic E-state index is -3.14. The molecular weight excluding hydrogens is 356 g/mol. The Morgan fingerprint density at radius 3 is 2.64 bits per heavy atom. The van der Waals surface area contributed by atoms with Crippen molar-refractivity contribution >= 4 is 34.9 Å². The zero-order chi connectivity index (χ0) is 18.4. The number of amides is 2. The SMILES string of the molecule is CSc1cccc(NC(=O)Nc2cc([N+](=O)[O-])ccc2OC(F)F)c1. The summed E-state index contributed by atoms with van der Waals surface area (Å²) in [4.78, 5) is 23.1. The first-order valence-electron chi connectivity index (χ1n) is 6.84. The Labute approximate surface area is 145 Å². The maximum Gasteiger partial charge on any atom is 0.387 e. The molecule has 0 aromatic heterocycles. The standard InChI is InChI=1S/C15H13F2N3O4S/c1-25-11-4-2-3-9(7-11)18-15(21)19-12-8-10(20(22)23)5-6-13(12)24-14(16)17/h2-8,14H,1H3,(H2,18,19,21). The number of urea groups is 1. The first-order valence-corrected chi connectivity index (χ1v) is 8.07. The van der Waals surface area contributed by atoms with Crippen molar-refractivity contribution < 1.29 is 23.2 Å². The molecule has 132 valence electrons. The molecule has 0 aliphatic heterocycles. The van der Waals surface area contributed by atoms with Crippen LogP contribution in [0.2, 0.25) is 0 Å². The Morgan fingerprint density at radius 2 is 2.00 bits per heavy atom. The lowest BCUT2D eigenvalue weighted by Gasteiger charge is -2.12. The van der Waals surface area contributed by atoms with Crippen LogP contribution in [-0.4, -0.2) is 23.8 Å². The van der Waals surface area contributed by atoms with Gasteiger partial charge in [-0.3, -0.25) is 10.1 Å². The van der Waals surface area contributed by atoms with Gasteiger partial charge in [-0.25, -0.2) is 4.79 Å². The second kappa shape index (κ2) is 8.29. The fourth-order valence-electron chi connectivity index (χ4n) is 1.91. The third-order valence-corrected chi connectivity index (χ3v) is 3.69. The fraction of sp³-hybridized carbons (Fsp3) is 0.133. The first kappa shape index (κ1) is 18.5. The number of halogens is 2. The van der Waals surface area contributed by atoms with Crippen molar-refractivity contribution in [1.29, 1.82) is 0 Å². The van der Waals surface area contributed by atoms with E-state index < -0.39 is 17.6 Å². The van der Waals surface area contributed by atoms with Crippen LogP contribution in [0.15, 0.2) is 47.4 Å². The van der Waals surface area contributed by atoms with Gasteiger partial charge in [-0.2, -0.15) is 8.78 Å². The van der Waals surface area contributed by atoms with E-state index in [9.17, 15) is 23.7 Å². The second-order valence-electron chi connectivity index (χ2n) is 4.63. The van der Waals surface area contributed by atoms with Crippen LogP contribution < -0.4 is 15.4 Å². The van der Waals surface area contributed by atoms with Gasteiger partial charge in [-0.1, -0.05) is 6.07 Å². The predicted octanol–water partition coefficient (Wildman–Crippen LogP) is 4.56. The Morgan fingerprint density at radius 1 is 1.24 bits per heavy atom. The molecule has 2 N–H and O–H groups in total. The highest BCUT2D eigenvalue weighted by Gasteiger charge is 2.17. The summed E-state index contributed by atoms with van der Waals surface area (Å²) in [5.41, 5.74) is -0.138. The number of benzene rings is 2. The maximum atomic E-state index is 12.4. The number of thioether (sulfide) groups is 1. The normalized spacial score (nSPS) is 10.4. The van der Waals surface area contributed by atoms with Crippen molar-refractivity contribution in [2.75, 3.05) is 16.9 Å². The number of hydrogen-bond donors (Lipinski definition) is 2. The third kappa shape index (κ3) is 5.31. The lowest BCUT2D eigenvalue weighted by molar-refractivity contribution is -0.384. The van der Waals surface area contributed by atoms with Crippen LogP contribution in [0, 0.1) is 10.1 Å². The summed E-state index contributed by atoms with van der Waals surface area (Å²) < 4.78 is 29.1. The van der Waals surface area contributed by atoms with Crippen molar-refractivity contribution in [1.82, 2.24) is 0 Å². The van der Waals surface area contributed by atoms with E-state index in [2.05, 4.69) is 15.4 Å². The molecule has 0 saturated heterocycles. The van der Waals surface area contributed by atoms with E-state index >= 15 is 0 Å². The summed E-state index contributed by atoms with van der Waals surface area (Å²) >= 11 is 1.48. The molecule has 0 radical (unpaired) electrons. The number of nitro benzene ring substituents is 1. The van der Waals surface area contributed by atoms with Crippen LogP contribution in [0.5, 0.6) is 5.75 Å². The first-order chi connectivity index (χ1) is 11.9. The number of nitrogens with zero attached hydrogens (tertiary/aromatic N) is 1. The zero-order valence-electron chi connectivity index (χ0n) is 12.9. The molecular formula is C15H13F2N3O4S. The Hall–Kier alpha value is -2.88. The highest BCUT2D eigenvalue weighted by atomic mass is 32.2. The van der Waals surface area contributed by atoms with E-state index in [0.717, 1.165) is 23.1 Å². The van der Waals surface area contributed by atoms with Gasteiger partial charge >= 0.3 is 12.6 Å². The van der Waals surface area contributed by atoms with Crippen LogP contribution in [0.1, 0.15) is 0 Å². The number of ether oxygens (including phenoxy) is 1. The molecule has 0 atom stereocenters. The second-order valence-corrected chi connectivity index (χ2v) is 5.51. The summed E-state index contributed by atoms with van der Waals surface area (Å²) in [6.07, 6.45) is 1.87. The van der Waals surface area contributed by atoms with Gasteiger partial charge in [-0.05, 0) is 30.5 Å². The lowest BCUT2D eigenvalue weighted by Crippen LogP contribution is -2.20. The number of carbonyl (C=O) groups excluding carboxylic acids is 1. The number of non-ortho nitro benzene ring substituents is 1. The van der Waals surface area contributed by atoms with Gasteiger partial charge in [0.05, 0.1) is 10.6 Å². The van der Waals surface area contributed by atoms with E-state index in [1.807, 2.05) is 12.3 Å². The van der Waals surface area contributed by atoms with Gasteiger partial charge in [-0.15, -0.1) is 11.8 Å². The van der Waals surface area contributed by atoms with Crippen molar-refractivity contribution in [3.63, 3.8) is 0 Å². The monoisotopic (exact) mass is 369 g/mol. The van der Waals surface area contributed by atoms with Crippen LogP contribution in [-0.2, 0) is 0 Å². The minimum absolute atomic E-state index is 0.243. The number of carbonyl (C=O) groups is 1. The summed E-state index contributed by atoms with van der Waals surface area (Å²) in [6, 6.07) is 9.13. The summed E-state index contributed by atoms with van der Waals surface area (Å²) in [5, 5.41) is 15.6. The highest BCUT2D eigenvalue weighted by molar-refractivity contribution is 7.98. The van der Waals surface area contributed by atoms with Crippen LogP contribution >= 0.6 is 11.8 Å². The number of anilines is 2. The Balaban J connectivity index is 2.19. The number of nitrogens with one attached hydrogen (secondary N) is 2. The molecule has 2 rings (SSSR count). The van der Waals surface area contributed by atoms with E-state index in [1.54, 1.807) is 18.2 Å². The molecule has 0 heterocycles. The molecule has 10 heteroatoms. The van der Waals surface area contributed by atoms with E-state index in [1.165, 1.54) is 11.8 Å². The molecule has 0 fully saturated rings. The van der Waals surface area contributed by atoms with Gasteiger partial charge in [0.15, 0.2) is 0 Å². The highest BCUT2D eigenvalue weighted by Crippen LogP contribution is 2.30. The minimum Gasteiger partial charge on any atom is -0.433 e. The van der Waals surface area contributed by atoms with Gasteiger partial charge < -0.3 is 15.4 Å². The topological polar surface area (TPSA) is 93.5 Å². The number of alkyl halides is 2. The third-order valence-electron chi connectivity index (χ3n) is 2.97. The van der Waals surface area contributed by atoms with Crippen molar-refractivity contribution in [2.24, 2.45) is 0 Å². The maximum absolute atomic E-state index is 12.4. The van der Waals surface area contributed by atoms with Gasteiger partial charge in [0.2, 0.25) is 0 Å². The molecule has 2 aromatic carbocycles. The molecule has 7 nitrogen and oxygen atoms in total. The molecule has 2 aromatic rings. The van der Waals surface area contributed by atoms with Gasteiger partial charge in [0, 0.05) is 22.7 Å². The molecule has 0 unspecified atom stereocenters. The van der Waals surface area contributed by atoms with Crippen molar-refractivity contribution in [2.45, 2.75) is 11.5 Å². The summed E-state index contributed by atoms with van der Waals surface area (Å²) in [6.45, 7) is -3.14. The van der Waals surface area contributed by atoms with Crippen molar-refractivity contribution in [3.05, 3.63) is 52.6 Å². The van der Waals surface area contributed by atoms with E-state index in [4.69, 9.17) is 0 Å².